The van der Waals surface area contributed by atoms with E-state index >= 15 is 0 Å². The summed E-state index contributed by atoms with van der Waals surface area (Å²) in [6, 6.07) is -0.0913. The van der Waals surface area contributed by atoms with Crippen molar-refractivity contribution in [1.82, 2.24) is 10.2 Å². The van der Waals surface area contributed by atoms with Crippen LogP contribution in [0.2, 0.25) is 0 Å². The van der Waals surface area contributed by atoms with Crippen LogP contribution in [-0.4, -0.2) is 62.3 Å². The molecule has 6 heteroatoms. The Bertz CT molecular complexity index is 302. The fourth-order valence-electron chi connectivity index (χ4n) is 2.24. The maximum absolute atomic E-state index is 12.1. The van der Waals surface area contributed by atoms with Gasteiger partial charge in [-0.3, -0.25) is 4.79 Å². The van der Waals surface area contributed by atoms with Crippen LogP contribution in [0.15, 0.2) is 0 Å². The largest absolute Gasteiger partial charge is 0.467 e. The number of morpholine rings is 1. The molecule has 1 amide bonds. The van der Waals surface area contributed by atoms with Gasteiger partial charge in [0.2, 0.25) is 5.91 Å². The van der Waals surface area contributed by atoms with Crippen LogP contribution in [0.25, 0.3) is 0 Å². The summed E-state index contributed by atoms with van der Waals surface area (Å²) in [7, 11) is 1.32. The number of ether oxygens (including phenoxy) is 2. The molecule has 2 heterocycles. The number of nitrogens with zero attached hydrogens (tertiary/aromatic N) is 1. The summed E-state index contributed by atoms with van der Waals surface area (Å²) >= 11 is 0. The number of rotatable bonds is 2. The Morgan fingerprint density at radius 1 is 1.47 bits per heavy atom. The Hall–Kier alpha value is -1.14. The van der Waals surface area contributed by atoms with Crippen LogP contribution in [0.3, 0.4) is 0 Å². The monoisotopic (exact) mass is 242 g/mol. The number of esters is 1. The van der Waals surface area contributed by atoms with Crippen molar-refractivity contribution in [3.63, 3.8) is 0 Å². The zero-order valence-electron chi connectivity index (χ0n) is 9.98. The third-order valence-electron chi connectivity index (χ3n) is 3.20. The first-order valence-electron chi connectivity index (χ1n) is 5.94. The zero-order chi connectivity index (χ0) is 12.3. The van der Waals surface area contributed by atoms with Gasteiger partial charge in [0.1, 0.15) is 0 Å². The Labute approximate surface area is 100 Å². The van der Waals surface area contributed by atoms with E-state index in [9.17, 15) is 9.59 Å². The summed E-state index contributed by atoms with van der Waals surface area (Å²) in [4.78, 5) is 25.2. The Balaban J connectivity index is 1.92. The van der Waals surface area contributed by atoms with E-state index in [2.05, 4.69) is 10.1 Å². The van der Waals surface area contributed by atoms with Gasteiger partial charge in [-0.2, -0.15) is 0 Å². The Kier molecular flexibility index (Phi) is 3.96. The molecule has 2 aliphatic heterocycles. The molecule has 2 atom stereocenters. The Morgan fingerprint density at radius 2 is 2.29 bits per heavy atom. The predicted octanol–water partition coefficient (Wildman–Crippen LogP) is -0.861. The van der Waals surface area contributed by atoms with Crippen LogP contribution < -0.4 is 5.32 Å². The molecule has 2 saturated heterocycles. The van der Waals surface area contributed by atoms with E-state index in [0.717, 1.165) is 19.4 Å². The average Bonchev–Trinajstić information content (AvgIpc) is 2.91. The van der Waals surface area contributed by atoms with Crippen molar-refractivity contribution in [3.05, 3.63) is 0 Å². The number of amides is 1. The van der Waals surface area contributed by atoms with E-state index in [1.807, 2.05) is 0 Å². The quantitative estimate of drug-likeness (QED) is 0.638. The summed E-state index contributed by atoms with van der Waals surface area (Å²) in [6.07, 6.45) is 1.26. The van der Waals surface area contributed by atoms with Crippen molar-refractivity contribution >= 4 is 11.9 Å². The highest BCUT2D eigenvalue weighted by Gasteiger charge is 2.33. The van der Waals surface area contributed by atoms with E-state index in [1.165, 1.54) is 7.11 Å². The lowest BCUT2D eigenvalue weighted by Gasteiger charge is -2.33. The van der Waals surface area contributed by atoms with Crippen LogP contribution in [0, 0.1) is 0 Å². The lowest BCUT2D eigenvalue weighted by Crippen LogP contribution is -2.53. The predicted molar refractivity (Wildman–Crippen MR) is 59.4 cm³/mol. The summed E-state index contributed by atoms with van der Waals surface area (Å²) in [5, 5.41) is 3.16. The van der Waals surface area contributed by atoms with Crippen LogP contribution in [0.5, 0.6) is 0 Å². The number of hydrogen-bond acceptors (Lipinski definition) is 5. The van der Waals surface area contributed by atoms with Gasteiger partial charge in [0.05, 0.1) is 26.3 Å². The van der Waals surface area contributed by atoms with Gasteiger partial charge < -0.3 is 19.7 Å². The lowest BCUT2D eigenvalue weighted by atomic mass is 10.1. The first kappa shape index (κ1) is 12.3. The van der Waals surface area contributed by atoms with Crippen molar-refractivity contribution in [2.75, 3.05) is 33.4 Å². The average molecular weight is 242 g/mol. The minimum atomic E-state index is -0.640. The Morgan fingerprint density at radius 3 is 2.94 bits per heavy atom. The molecule has 1 N–H and O–H groups in total. The van der Waals surface area contributed by atoms with Gasteiger partial charge in [-0.25, -0.2) is 4.79 Å². The van der Waals surface area contributed by atoms with Crippen LogP contribution >= 0.6 is 0 Å². The van der Waals surface area contributed by atoms with Crippen molar-refractivity contribution in [1.29, 1.82) is 0 Å². The molecule has 0 radical (unpaired) electrons. The fourth-order valence-corrected chi connectivity index (χ4v) is 2.24. The topological polar surface area (TPSA) is 67.9 Å². The summed E-state index contributed by atoms with van der Waals surface area (Å²) in [5.41, 5.74) is 0. The van der Waals surface area contributed by atoms with E-state index in [-0.39, 0.29) is 11.9 Å². The highest BCUT2D eigenvalue weighted by molar-refractivity contribution is 5.83. The van der Waals surface area contributed by atoms with Crippen molar-refractivity contribution in [2.45, 2.75) is 25.0 Å². The van der Waals surface area contributed by atoms with E-state index in [0.29, 0.717) is 19.7 Å². The lowest BCUT2D eigenvalue weighted by molar-refractivity contribution is -0.162. The van der Waals surface area contributed by atoms with E-state index in [4.69, 9.17) is 4.74 Å². The zero-order valence-corrected chi connectivity index (χ0v) is 9.98. The van der Waals surface area contributed by atoms with Crippen molar-refractivity contribution in [3.8, 4) is 0 Å². The number of carbonyl (C=O) groups excluding carboxylic acids is 2. The molecule has 0 aromatic rings. The maximum Gasteiger partial charge on any atom is 0.336 e. The molecular formula is C11H18N2O4. The van der Waals surface area contributed by atoms with Gasteiger partial charge >= 0.3 is 5.97 Å². The highest BCUT2D eigenvalue weighted by Crippen LogP contribution is 2.13. The minimum absolute atomic E-state index is 0.0692. The SMILES string of the molecule is COC(=O)C1CN(C(=O)C2CCCN2)CCO1. The molecule has 0 aliphatic carbocycles. The molecule has 2 aliphatic rings. The first-order chi connectivity index (χ1) is 8.22. The van der Waals surface area contributed by atoms with Gasteiger partial charge in [-0.15, -0.1) is 0 Å². The highest BCUT2D eigenvalue weighted by atomic mass is 16.6. The van der Waals surface area contributed by atoms with Gasteiger partial charge in [-0.1, -0.05) is 0 Å². The smallest absolute Gasteiger partial charge is 0.336 e. The third kappa shape index (κ3) is 2.76. The molecule has 0 aromatic carbocycles. The molecule has 17 heavy (non-hydrogen) atoms. The minimum Gasteiger partial charge on any atom is -0.467 e. The second-order valence-corrected chi connectivity index (χ2v) is 4.32. The van der Waals surface area contributed by atoms with Gasteiger partial charge in [0, 0.05) is 6.54 Å². The summed E-state index contributed by atoms with van der Waals surface area (Å²) in [6.45, 7) is 2.12. The van der Waals surface area contributed by atoms with Gasteiger partial charge in [-0.05, 0) is 19.4 Å². The number of nitrogens with one attached hydrogen (secondary N) is 1. The molecule has 6 nitrogen and oxygen atoms in total. The first-order valence-corrected chi connectivity index (χ1v) is 5.94. The summed E-state index contributed by atoms with van der Waals surface area (Å²) in [5.74, 6) is -0.346. The number of hydrogen-bond donors (Lipinski definition) is 1. The van der Waals surface area contributed by atoms with Crippen LogP contribution in [-0.2, 0) is 19.1 Å². The molecule has 2 unspecified atom stereocenters. The molecule has 0 aromatic heterocycles. The molecule has 2 fully saturated rings. The third-order valence-corrected chi connectivity index (χ3v) is 3.20. The molecule has 96 valence electrons. The van der Waals surface area contributed by atoms with Crippen LogP contribution in [0.1, 0.15) is 12.8 Å². The maximum atomic E-state index is 12.1. The standard InChI is InChI=1S/C11H18N2O4/c1-16-11(15)9-7-13(5-6-17-9)10(14)8-3-2-4-12-8/h8-9,12H,2-7H2,1H3. The second-order valence-electron chi connectivity index (χ2n) is 4.32. The van der Waals surface area contributed by atoms with Crippen molar-refractivity contribution < 1.29 is 19.1 Å². The van der Waals surface area contributed by atoms with Gasteiger partial charge in [0.15, 0.2) is 6.10 Å². The van der Waals surface area contributed by atoms with E-state index < -0.39 is 12.1 Å². The van der Waals surface area contributed by atoms with Gasteiger partial charge in [0.25, 0.3) is 0 Å². The van der Waals surface area contributed by atoms with Crippen molar-refractivity contribution in [2.24, 2.45) is 0 Å². The molecule has 2 rings (SSSR count). The number of carbonyl (C=O) groups is 2. The molecular weight excluding hydrogens is 224 g/mol. The normalized spacial score (nSPS) is 29.1. The fraction of sp³-hybridized carbons (Fsp3) is 0.818. The molecule has 0 spiro atoms. The molecule has 0 bridgehead atoms. The van der Waals surface area contributed by atoms with E-state index in [1.54, 1.807) is 4.90 Å². The second kappa shape index (κ2) is 5.46. The molecule has 0 saturated carbocycles. The summed E-state index contributed by atoms with van der Waals surface area (Å²) < 4.78 is 9.91. The van der Waals surface area contributed by atoms with Crippen LogP contribution in [0.4, 0.5) is 0 Å². The number of methoxy groups -OCH3 is 1.